The summed E-state index contributed by atoms with van der Waals surface area (Å²) in [7, 11) is 0. The lowest BCUT2D eigenvalue weighted by Gasteiger charge is -2.33. The first-order valence-corrected chi connectivity index (χ1v) is 11.6. The highest BCUT2D eigenvalue weighted by atomic mass is 35.5. The van der Waals surface area contributed by atoms with Crippen LogP contribution in [0.3, 0.4) is 0 Å². The Bertz CT molecular complexity index is 1230. The number of piperidine rings is 1. The molecule has 0 spiro atoms. The smallest absolute Gasteiger partial charge is 0.170 e. The molecule has 0 atom stereocenters. The van der Waals surface area contributed by atoms with Crippen LogP contribution in [0.15, 0.2) is 54.9 Å². The van der Waals surface area contributed by atoms with Gasteiger partial charge in [0.1, 0.15) is 12.2 Å². The zero-order valence-electron chi connectivity index (χ0n) is 17.8. The molecule has 32 heavy (non-hydrogen) atoms. The third-order valence-corrected chi connectivity index (χ3v) is 6.49. The van der Waals surface area contributed by atoms with E-state index in [4.69, 9.17) is 28.2 Å². The SMILES string of the molecule is CCNC1CCN(c2ncnc3c2nc(-c2ccccc2Cl)n3-c2ccc(Cl)cc2)CC1. The summed E-state index contributed by atoms with van der Waals surface area (Å²) < 4.78 is 2.03. The fourth-order valence-electron chi connectivity index (χ4n) is 4.35. The van der Waals surface area contributed by atoms with Crippen LogP contribution in [0.4, 0.5) is 5.82 Å². The van der Waals surface area contributed by atoms with Crippen LogP contribution in [0.25, 0.3) is 28.2 Å². The summed E-state index contributed by atoms with van der Waals surface area (Å²) in [5.74, 6) is 1.60. The van der Waals surface area contributed by atoms with Gasteiger partial charge in [0.05, 0.1) is 5.02 Å². The Morgan fingerprint density at radius 2 is 1.75 bits per heavy atom. The quantitative estimate of drug-likeness (QED) is 0.428. The van der Waals surface area contributed by atoms with Gasteiger partial charge in [-0.2, -0.15) is 0 Å². The van der Waals surface area contributed by atoms with Crippen molar-refractivity contribution in [3.63, 3.8) is 0 Å². The summed E-state index contributed by atoms with van der Waals surface area (Å²) in [5.41, 5.74) is 3.29. The van der Waals surface area contributed by atoms with Crippen LogP contribution in [-0.2, 0) is 0 Å². The summed E-state index contributed by atoms with van der Waals surface area (Å²) in [6.45, 7) is 5.01. The normalized spacial score (nSPS) is 14.9. The van der Waals surface area contributed by atoms with Gasteiger partial charge in [0.25, 0.3) is 0 Å². The van der Waals surface area contributed by atoms with E-state index in [0.717, 1.165) is 66.5 Å². The van der Waals surface area contributed by atoms with Crippen molar-refractivity contribution in [2.24, 2.45) is 0 Å². The Balaban J connectivity index is 1.66. The third kappa shape index (κ3) is 3.94. The lowest BCUT2D eigenvalue weighted by atomic mass is 10.1. The molecule has 1 N–H and O–H groups in total. The zero-order chi connectivity index (χ0) is 22.1. The predicted molar refractivity (Wildman–Crippen MR) is 131 cm³/mol. The highest BCUT2D eigenvalue weighted by molar-refractivity contribution is 6.33. The van der Waals surface area contributed by atoms with Crippen LogP contribution >= 0.6 is 23.2 Å². The number of halogens is 2. The van der Waals surface area contributed by atoms with E-state index in [1.165, 1.54) is 0 Å². The molecule has 3 heterocycles. The lowest BCUT2D eigenvalue weighted by Crippen LogP contribution is -2.42. The van der Waals surface area contributed by atoms with Gasteiger partial charge in [-0.25, -0.2) is 15.0 Å². The maximum absolute atomic E-state index is 6.58. The zero-order valence-corrected chi connectivity index (χ0v) is 19.3. The highest BCUT2D eigenvalue weighted by Gasteiger charge is 2.25. The first-order chi connectivity index (χ1) is 15.7. The molecule has 4 aromatic rings. The van der Waals surface area contributed by atoms with Gasteiger partial charge in [-0.3, -0.25) is 4.57 Å². The number of imidazole rings is 1. The average molecular weight is 467 g/mol. The molecule has 1 saturated heterocycles. The molecule has 1 fully saturated rings. The van der Waals surface area contributed by atoms with E-state index in [2.05, 4.69) is 27.1 Å². The van der Waals surface area contributed by atoms with Gasteiger partial charge in [-0.15, -0.1) is 0 Å². The molecule has 0 aliphatic carbocycles. The molecule has 0 amide bonds. The topological polar surface area (TPSA) is 58.9 Å². The Morgan fingerprint density at radius 3 is 2.47 bits per heavy atom. The standard InChI is InChI=1S/C24H24Cl2N6/c1-2-27-17-11-13-31(14-12-17)23-21-24(29-15-28-23)32(18-9-7-16(25)8-10-18)22(30-21)19-5-3-4-6-20(19)26/h3-10,15,17,27H,2,11-14H2,1H3. The Morgan fingerprint density at radius 1 is 1.00 bits per heavy atom. The van der Waals surface area contributed by atoms with Crippen molar-refractivity contribution in [1.82, 2.24) is 24.8 Å². The van der Waals surface area contributed by atoms with Crippen LogP contribution in [0.1, 0.15) is 19.8 Å². The van der Waals surface area contributed by atoms with Gasteiger partial charge >= 0.3 is 0 Å². The number of fused-ring (bicyclic) bond motifs is 1. The number of hydrogen-bond acceptors (Lipinski definition) is 5. The largest absolute Gasteiger partial charge is 0.355 e. The number of hydrogen-bond donors (Lipinski definition) is 1. The molecule has 2 aromatic carbocycles. The minimum atomic E-state index is 0.555. The van der Waals surface area contributed by atoms with Crippen LogP contribution in [0, 0.1) is 0 Å². The molecule has 6 nitrogen and oxygen atoms in total. The number of nitrogens with one attached hydrogen (secondary N) is 1. The highest BCUT2D eigenvalue weighted by Crippen LogP contribution is 2.35. The van der Waals surface area contributed by atoms with Gasteiger partial charge in [0.2, 0.25) is 0 Å². The van der Waals surface area contributed by atoms with Crippen molar-refractivity contribution in [3.05, 3.63) is 64.9 Å². The molecule has 8 heteroatoms. The maximum Gasteiger partial charge on any atom is 0.170 e. The van der Waals surface area contributed by atoms with E-state index in [9.17, 15) is 0 Å². The third-order valence-electron chi connectivity index (χ3n) is 5.91. The van der Waals surface area contributed by atoms with Gasteiger partial charge in [0.15, 0.2) is 17.0 Å². The Kier molecular flexibility index (Phi) is 6.00. The molecule has 0 bridgehead atoms. The van der Waals surface area contributed by atoms with Crippen molar-refractivity contribution >= 4 is 40.2 Å². The summed E-state index contributed by atoms with van der Waals surface area (Å²) in [6, 6.07) is 16.0. The van der Waals surface area contributed by atoms with Gasteiger partial charge in [-0.1, -0.05) is 42.3 Å². The molecular weight excluding hydrogens is 443 g/mol. The predicted octanol–water partition coefficient (Wildman–Crippen LogP) is 5.37. The summed E-state index contributed by atoms with van der Waals surface area (Å²) >= 11 is 12.7. The number of anilines is 1. The molecule has 0 radical (unpaired) electrons. The van der Waals surface area contributed by atoms with E-state index < -0.39 is 0 Å². The average Bonchev–Trinajstić information content (AvgIpc) is 3.20. The van der Waals surface area contributed by atoms with Crippen LogP contribution < -0.4 is 10.2 Å². The van der Waals surface area contributed by atoms with Crippen molar-refractivity contribution in [3.8, 4) is 17.1 Å². The van der Waals surface area contributed by atoms with Crippen molar-refractivity contribution < 1.29 is 0 Å². The van der Waals surface area contributed by atoms with Crippen LogP contribution in [0.5, 0.6) is 0 Å². The summed E-state index contributed by atoms with van der Waals surface area (Å²) in [5, 5.41) is 4.87. The van der Waals surface area contributed by atoms with E-state index in [0.29, 0.717) is 16.1 Å². The first-order valence-electron chi connectivity index (χ1n) is 10.9. The monoisotopic (exact) mass is 466 g/mol. The minimum Gasteiger partial charge on any atom is -0.355 e. The molecule has 0 saturated carbocycles. The van der Waals surface area contributed by atoms with Crippen molar-refractivity contribution in [2.45, 2.75) is 25.8 Å². The summed E-state index contributed by atoms with van der Waals surface area (Å²) in [6.07, 6.45) is 3.78. The van der Waals surface area contributed by atoms with Gasteiger partial charge < -0.3 is 10.2 Å². The second-order valence-corrected chi connectivity index (χ2v) is 8.76. The minimum absolute atomic E-state index is 0.555. The molecule has 1 aliphatic heterocycles. The van der Waals surface area contributed by atoms with Crippen molar-refractivity contribution in [1.29, 1.82) is 0 Å². The van der Waals surface area contributed by atoms with Crippen molar-refractivity contribution in [2.75, 3.05) is 24.5 Å². The van der Waals surface area contributed by atoms with Gasteiger partial charge in [-0.05, 0) is 55.8 Å². The maximum atomic E-state index is 6.58. The number of rotatable bonds is 5. The second-order valence-electron chi connectivity index (χ2n) is 7.92. The van der Waals surface area contributed by atoms with Gasteiger partial charge in [0, 0.05) is 35.4 Å². The van der Waals surface area contributed by atoms with E-state index in [1.807, 2.05) is 53.1 Å². The number of aromatic nitrogens is 4. The first kappa shape index (κ1) is 21.2. The second kappa shape index (κ2) is 9.06. The van der Waals surface area contributed by atoms with E-state index in [-0.39, 0.29) is 0 Å². The molecule has 164 valence electrons. The summed E-state index contributed by atoms with van der Waals surface area (Å²) in [4.78, 5) is 16.6. The Hall–Kier alpha value is -2.67. The van der Waals surface area contributed by atoms with Crippen LogP contribution in [-0.4, -0.2) is 45.2 Å². The Labute approximate surface area is 197 Å². The lowest BCUT2D eigenvalue weighted by molar-refractivity contribution is 0.423. The van der Waals surface area contributed by atoms with E-state index >= 15 is 0 Å². The molecule has 5 rings (SSSR count). The molecular formula is C24H24Cl2N6. The fraction of sp³-hybridized carbons (Fsp3) is 0.292. The molecule has 0 unspecified atom stereocenters. The molecule has 1 aliphatic rings. The fourth-order valence-corrected chi connectivity index (χ4v) is 4.70. The number of benzene rings is 2. The number of nitrogens with zero attached hydrogens (tertiary/aromatic N) is 5. The van der Waals surface area contributed by atoms with E-state index in [1.54, 1.807) is 6.33 Å². The van der Waals surface area contributed by atoms with Crippen LogP contribution in [0.2, 0.25) is 10.0 Å². The molecule has 2 aromatic heterocycles.